The Morgan fingerprint density at radius 3 is 2.42 bits per heavy atom. The van der Waals surface area contributed by atoms with Gasteiger partial charge >= 0.3 is 0 Å². The lowest BCUT2D eigenvalue weighted by Gasteiger charge is -2.23. The lowest BCUT2D eigenvalue weighted by atomic mass is 10.2. The fraction of sp³-hybridized carbons (Fsp3) is 0.167. The second-order valence-corrected chi connectivity index (χ2v) is 7.09. The molecule has 7 heteroatoms. The number of carbonyl (C=O) groups is 1. The highest BCUT2D eigenvalue weighted by Gasteiger charge is 2.17. The summed E-state index contributed by atoms with van der Waals surface area (Å²) in [7, 11) is 0. The molecule has 0 saturated heterocycles. The number of oxazole rings is 1. The number of aryl methyl sites for hydroxylation is 1. The number of aromatic nitrogens is 3. The van der Waals surface area contributed by atoms with Gasteiger partial charge in [0.15, 0.2) is 11.7 Å². The number of hydrogen-bond acceptors (Lipinski definition) is 5. The minimum atomic E-state index is -0.308. The van der Waals surface area contributed by atoms with Crippen LogP contribution in [0.5, 0.6) is 0 Å². The van der Waals surface area contributed by atoms with E-state index in [0.29, 0.717) is 31.2 Å². The van der Waals surface area contributed by atoms with Crippen LogP contribution < -0.4 is 0 Å². The van der Waals surface area contributed by atoms with Crippen molar-refractivity contribution in [2.24, 2.45) is 0 Å². The molecule has 3 aromatic heterocycles. The summed E-state index contributed by atoms with van der Waals surface area (Å²) >= 11 is 0. The number of halogens is 1. The van der Waals surface area contributed by atoms with Gasteiger partial charge in [-0.25, -0.2) is 9.37 Å². The zero-order chi connectivity index (χ0) is 21.5. The van der Waals surface area contributed by atoms with Gasteiger partial charge < -0.3 is 9.32 Å². The van der Waals surface area contributed by atoms with E-state index in [1.807, 2.05) is 24.3 Å². The van der Waals surface area contributed by atoms with E-state index in [1.54, 1.807) is 48.0 Å². The average Bonchev–Trinajstić information content (AvgIpc) is 3.28. The lowest BCUT2D eigenvalue weighted by Crippen LogP contribution is -2.30. The fourth-order valence-electron chi connectivity index (χ4n) is 3.20. The van der Waals surface area contributed by atoms with Crippen LogP contribution in [0.3, 0.4) is 0 Å². The van der Waals surface area contributed by atoms with E-state index in [0.717, 1.165) is 16.7 Å². The number of carbonyl (C=O) groups excluding carboxylic acids is 1. The molecule has 4 aromatic rings. The van der Waals surface area contributed by atoms with Gasteiger partial charge in [-0.3, -0.25) is 14.8 Å². The molecule has 4 rings (SSSR count). The van der Waals surface area contributed by atoms with Gasteiger partial charge in [-0.1, -0.05) is 6.07 Å². The first kappa shape index (κ1) is 20.4. The van der Waals surface area contributed by atoms with Crippen LogP contribution in [0.4, 0.5) is 4.39 Å². The van der Waals surface area contributed by atoms with Gasteiger partial charge in [0.1, 0.15) is 5.82 Å². The van der Waals surface area contributed by atoms with E-state index in [2.05, 4.69) is 15.0 Å². The van der Waals surface area contributed by atoms with E-state index in [4.69, 9.17) is 4.42 Å². The standard InChI is InChI=1S/C24H21FN4O2/c25-21-5-3-20(4-6-21)22-15-28-23(31-22)7-8-24(30)29(16-18-9-12-26-13-10-18)17-19-2-1-11-27-14-19/h1-6,9-15H,7-8,16-17H2. The Hall–Kier alpha value is -3.87. The number of amides is 1. The zero-order valence-corrected chi connectivity index (χ0v) is 16.8. The SMILES string of the molecule is O=C(CCc1ncc(-c2ccc(F)cc2)o1)N(Cc1ccncc1)Cc1cccnc1. The third-order valence-electron chi connectivity index (χ3n) is 4.81. The molecular formula is C24H21FN4O2. The second kappa shape index (κ2) is 9.75. The van der Waals surface area contributed by atoms with E-state index < -0.39 is 0 Å². The highest BCUT2D eigenvalue weighted by molar-refractivity contribution is 5.76. The van der Waals surface area contributed by atoms with Crippen LogP contribution in [0.1, 0.15) is 23.4 Å². The highest BCUT2D eigenvalue weighted by atomic mass is 19.1. The largest absolute Gasteiger partial charge is 0.441 e. The summed E-state index contributed by atoms with van der Waals surface area (Å²) in [5, 5.41) is 0. The van der Waals surface area contributed by atoms with Crippen molar-refractivity contribution in [3.05, 3.63) is 102 Å². The van der Waals surface area contributed by atoms with E-state index >= 15 is 0 Å². The van der Waals surface area contributed by atoms with Crippen molar-refractivity contribution in [2.75, 3.05) is 0 Å². The van der Waals surface area contributed by atoms with Crippen LogP contribution >= 0.6 is 0 Å². The fourth-order valence-corrected chi connectivity index (χ4v) is 3.20. The number of benzene rings is 1. The Labute approximate surface area is 179 Å². The van der Waals surface area contributed by atoms with Gasteiger partial charge in [0.2, 0.25) is 5.91 Å². The van der Waals surface area contributed by atoms with Crippen molar-refractivity contribution in [1.29, 1.82) is 0 Å². The molecule has 0 radical (unpaired) electrons. The van der Waals surface area contributed by atoms with Crippen molar-refractivity contribution >= 4 is 5.91 Å². The monoisotopic (exact) mass is 416 g/mol. The molecule has 0 unspecified atom stereocenters. The molecule has 0 aliphatic carbocycles. The third-order valence-corrected chi connectivity index (χ3v) is 4.81. The van der Waals surface area contributed by atoms with E-state index in [1.165, 1.54) is 12.1 Å². The van der Waals surface area contributed by atoms with Crippen molar-refractivity contribution in [3.8, 4) is 11.3 Å². The molecule has 0 spiro atoms. The van der Waals surface area contributed by atoms with Crippen molar-refractivity contribution < 1.29 is 13.6 Å². The molecule has 0 aliphatic rings. The predicted octanol–water partition coefficient (Wildman–Crippen LogP) is 4.43. The number of nitrogens with zero attached hydrogens (tertiary/aromatic N) is 4. The molecule has 1 aromatic carbocycles. The average molecular weight is 416 g/mol. The van der Waals surface area contributed by atoms with Gasteiger partial charge in [-0.05, 0) is 53.6 Å². The van der Waals surface area contributed by atoms with Crippen LogP contribution in [0.2, 0.25) is 0 Å². The third kappa shape index (κ3) is 5.60. The van der Waals surface area contributed by atoms with Gasteiger partial charge in [0, 0.05) is 56.3 Å². The minimum absolute atomic E-state index is 0.0119. The molecule has 0 N–H and O–H groups in total. The normalized spacial score (nSPS) is 10.7. The van der Waals surface area contributed by atoms with Crippen LogP contribution in [-0.4, -0.2) is 25.8 Å². The van der Waals surface area contributed by atoms with Gasteiger partial charge in [-0.2, -0.15) is 0 Å². The Kier molecular flexibility index (Phi) is 6.42. The first-order valence-corrected chi connectivity index (χ1v) is 9.93. The summed E-state index contributed by atoms with van der Waals surface area (Å²) in [6.07, 6.45) is 9.12. The molecular weight excluding hydrogens is 395 g/mol. The van der Waals surface area contributed by atoms with Crippen LogP contribution in [0.15, 0.2) is 83.9 Å². The van der Waals surface area contributed by atoms with E-state index in [9.17, 15) is 9.18 Å². The molecule has 1 amide bonds. The van der Waals surface area contributed by atoms with E-state index in [-0.39, 0.29) is 18.1 Å². The van der Waals surface area contributed by atoms with Crippen LogP contribution in [-0.2, 0) is 24.3 Å². The number of pyridine rings is 2. The molecule has 0 fully saturated rings. The number of hydrogen-bond donors (Lipinski definition) is 0. The van der Waals surface area contributed by atoms with Gasteiger partial charge in [0.25, 0.3) is 0 Å². The summed E-state index contributed by atoms with van der Waals surface area (Å²) < 4.78 is 18.9. The highest BCUT2D eigenvalue weighted by Crippen LogP contribution is 2.21. The maximum Gasteiger partial charge on any atom is 0.223 e. The second-order valence-electron chi connectivity index (χ2n) is 7.09. The summed E-state index contributed by atoms with van der Waals surface area (Å²) in [6.45, 7) is 0.935. The Balaban J connectivity index is 1.42. The first-order chi connectivity index (χ1) is 15.2. The maximum atomic E-state index is 13.1. The molecule has 156 valence electrons. The molecule has 0 saturated carbocycles. The Bertz CT molecular complexity index is 1070. The quantitative estimate of drug-likeness (QED) is 0.425. The number of rotatable bonds is 8. The summed E-state index contributed by atoms with van der Waals surface area (Å²) in [4.78, 5) is 27.2. The van der Waals surface area contributed by atoms with Crippen LogP contribution in [0.25, 0.3) is 11.3 Å². The molecule has 6 nitrogen and oxygen atoms in total. The summed E-state index contributed by atoms with van der Waals surface area (Å²) in [6, 6.07) is 13.6. The zero-order valence-electron chi connectivity index (χ0n) is 16.8. The molecule has 0 aliphatic heterocycles. The van der Waals surface area contributed by atoms with Crippen LogP contribution in [0, 0.1) is 5.82 Å². The topological polar surface area (TPSA) is 72.1 Å². The lowest BCUT2D eigenvalue weighted by molar-refractivity contribution is -0.132. The summed E-state index contributed by atoms with van der Waals surface area (Å²) in [5.74, 6) is 0.698. The first-order valence-electron chi connectivity index (χ1n) is 9.93. The molecule has 3 heterocycles. The van der Waals surface area contributed by atoms with Crippen molar-refractivity contribution in [3.63, 3.8) is 0 Å². The predicted molar refractivity (Wildman–Crippen MR) is 113 cm³/mol. The summed E-state index contributed by atoms with van der Waals surface area (Å²) in [5.41, 5.74) is 2.70. The van der Waals surface area contributed by atoms with Crippen molar-refractivity contribution in [1.82, 2.24) is 19.9 Å². The maximum absolute atomic E-state index is 13.1. The molecule has 31 heavy (non-hydrogen) atoms. The smallest absolute Gasteiger partial charge is 0.223 e. The minimum Gasteiger partial charge on any atom is -0.441 e. The Morgan fingerprint density at radius 1 is 0.903 bits per heavy atom. The van der Waals surface area contributed by atoms with Gasteiger partial charge in [-0.15, -0.1) is 0 Å². The molecule has 0 atom stereocenters. The van der Waals surface area contributed by atoms with Crippen molar-refractivity contribution in [2.45, 2.75) is 25.9 Å². The van der Waals surface area contributed by atoms with Gasteiger partial charge in [0.05, 0.1) is 6.20 Å². The Morgan fingerprint density at radius 2 is 1.68 bits per heavy atom. The molecule has 0 bridgehead atoms.